The van der Waals surface area contributed by atoms with Gasteiger partial charge in [0.25, 0.3) is 10.0 Å². The number of anilines is 1. The zero-order valence-electron chi connectivity index (χ0n) is 9.20. The SMILES string of the molecule is O=[N+]([O-])c1c(F)cccc1S(=O)(=O)Nc1ccn[nH]1. The Morgan fingerprint density at radius 1 is 1.37 bits per heavy atom. The fraction of sp³-hybridized carbons (Fsp3) is 0. The van der Waals surface area contributed by atoms with E-state index in [9.17, 15) is 22.9 Å². The maximum Gasteiger partial charge on any atom is 0.325 e. The molecule has 19 heavy (non-hydrogen) atoms. The van der Waals surface area contributed by atoms with Crippen molar-refractivity contribution in [1.29, 1.82) is 0 Å². The van der Waals surface area contributed by atoms with Gasteiger partial charge in [-0.25, -0.2) is 8.42 Å². The highest BCUT2D eigenvalue weighted by Gasteiger charge is 2.29. The first-order chi connectivity index (χ1) is 8.92. The lowest BCUT2D eigenvalue weighted by Crippen LogP contribution is -2.15. The molecule has 2 rings (SSSR count). The second-order valence-electron chi connectivity index (χ2n) is 3.42. The highest BCUT2D eigenvalue weighted by atomic mass is 32.2. The summed E-state index contributed by atoms with van der Waals surface area (Å²) in [6, 6.07) is 4.14. The van der Waals surface area contributed by atoms with E-state index in [1.165, 1.54) is 12.3 Å². The lowest BCUT2D eigenvalue weighted by Gasteiger charge is -2.06. The molecule has 0 aliphatic carbocycles. The van der Waals surface area contributed by atoms with Gasteiger partial charge in [0.1, 0.15) is 5.82 Å². The molecule has 0 unspecified atom stereocenters. The van der Waals surface area contributed by atoms with Gasteiger partial charge in [0.05, 0.1) is 11.1 Å². The normalized spacial score (nSPS) is 11.2. The number of nitro groups is 1. The van der Waals surface area contributed by atoms with Crippen LogP contribution in [0.25, 0.3) is 0 Å². The first-order valence-electron chi connectivity index (χ1n) is 4.87. The van der Waals surface area contributed by atoms with Crippen molar-refractivity contribution >= 4 is 21.5 Å². The summed E-state index contributed by atoms with van der Waals surface area (Å²) in [5.41, 5.74) is -1.10. The van der Waals surface area contributed by atoms with Crippen LogP contribution in [0.3, 0.4) is 0 Å². The smallest absolute Gasteiger partial charge is 0.264 e. The van der Waals surface area contributed by atoms with E-state index in [1.807, 2.05) is 4.72 Å². The number of benzene rings is 1. The first kappa shape index (κ1) is 13.0. The van der Waals surface area contributed by atoms with Gasteiger partial charge in [-0.05, 0) is 12.1 Å². The largest absolute Gasteiger partial charge is 0.325 e. The van der Waals surface area contributed by atoms with E-state index in [0.29, 0.717) is 0 Å². The zero-order valence-corrected chi connectivity index (χ0v) is 10.0. The Morgan fingerprint density at radius 2 is 2.11 bits per heavy atom. The zero-order chi connectivity index (χ0) is 14.0. The summed E-state index contributed by atoms with van der Waals surface area (Å²) >= 11 is 0. The Hall–Kier alpha value is -2.49. The summed E-state index contributed by atoms with van der Waals surface area (Å²) in [5, 5.41) is 16.6. The third-order valence-electron chi connectivity index (χ3n) is 2.17. The Balaban J connectivity index is 2.52. The summed E-state index contributed by atoms with van der Waals surface area (Å²) in [6.07, 6.45) is 1.29. The molecule has 2 aromatic rings. The minimum Gasteiger partial charge on any atom is -0.264 e. The van der Waals surface area contributed by atoms with Crippen LogP contribution in [0.1, 0.15) is 0 Å². The van der Waals surface area contributed by atoms with Crippen LogP contribution in [0.4, 0.5) is 15.9 Å². The summed E-state index contributed by atoms with van der Waals surface area (Å²) in [4.78, 5) is 8.90. The highest BCUT2D eigenvalue weighted by Crippen LogP contribution is 2.27. The monoisotopic (exact) mass is 286 g/mol. The fourth-order valence-corrected chi connectivity index (χ4v) is 2.60. The molecular formula is C9H7FN4O4S. The Morgan fingerprint density at radius 3 is 2.68 bits per heavy atom. The summed E-state index contributed by atoms with van der Waals surface area (Å²) in [5.74, 6) is -1.21. The van der Waals surface area contributed by atoms with Gasteiger partial charge in [-0.1, -0.05) is 6.07 Å². The van der Waals surface area contributed by atoms with Gasteiger partial charge in [0.2, 0.25) is 5.82 Å². The molecule has 0 radical (unpaired) electrons. The summed E-state index contributed by atoms with van der Waals surface area (Å²) < 4.78 is 39.3. The van der Waals surface area contributed by atoms with Crippen LogP contribution in [0.15, 0.2) is 35.4 Å². The third-order valence-corrected chi connectivity index (χ3v) is 3.56. The van der Waals surface area contributed by atoms with Crippen molar-refractivity contribution in [3.63, 3.8) is 0 Å². The molecule has 0 bridgehead atoms. The van der Waals surface area contributed by atoms with Gasteiger partial charge in [-0.15, -0.1) is 0 Å². The van der Waals surface area contributed by atoms with Crippen molar-refractivity contribution in [3.05, 3.63) is 46.4 Å². The van der Waals surface area contributed by atoms with E-state index in [-0.39, 0.29) is 5.82 Å². The van der Waals surface area contributed by atoms with Gasteiger partial charge >= 0.3 is 5.69 Å². The number of nitrogens with zero attached hydrogens (tertiary/aromatic N) is 2. The minimum atomic E-state index is -4.28. The minimum absolute atomic E-state index is 0.0126. The average Bonchev–Trinajstić information content (AvgIpc) is 2.80. The van der Waals surface area contributed by atoms with Crippen LogP contribution in [-0.2, 0) is 10.0 Å². The maximum atomic E-state index is 13.4. The number of aromatic nitrogens is 2. The molecule has 1 aromatic heterocycles. The molecule has 0 fully saturated rings. The van der Waals surface area contributed by atoms with E-state index >= 15 is 0 Å². The molecule has 0 aliphatic rings. The van der Waals surface area contributed by atoms with Crippen LogP contribution in [0.2, 0.25) is 0 Å². The van der Waals surface area contributed by atoms with Gasteiger partial charge in [0.15, 0.2) is 4.90 Å². The predicted octanol–water partition coefficient (Wildman–Crippen LogP) is 1.26. The number of nitro benzene ring substituents is 1. The van der Waals surface area contributed by atoms with Crippen LogP contribution >= 0.6 is 0 Å². The second-order valence-corrected chi connectivity index (χ2v) is 5.07. The summed E-state index contributed by atoms with van der Waals surface area (Å²) in [6.45, 7) is 0. The number of hydrogen-bond acceptors (Lipinski definition) is 5. The predicted molar refractivity (Wildman–Crippen MR) is 62.5 cm³/mol. The van der Waals surface area contributed by atoms with Gasteiger partial charge < -0.3 is 0 Å². The molecule has 8 nitrogen and oxygen atoms in total. The molecule has 1 aromatic carbocycles. The first-order valence-corrected chi connectivity index (χ1v) is 6.35. The van der Waals surface area contributed by atoms with Crippen molar-refractivity contribution in [2.75, 3.05) is 4.72 Å². The molecule has 0 saturated carbocycles. The van der Waals surface area contributed by atoms with Gasteiger partial charge in [-0.3, -0.25) is 19.9 Å². The molecule has 0 atom stereocenters. The van der Waals surface area contributed by atoms with E-state index in [4.69, 9.17) is 0 Å². The van der Waals surface area contributed by atoms with Crippen molar-refractivity contribution in [3.8, 4) is 0 Å². The van der Waals surface area contributed by atoms with E-state index in [2.05, 4.69) is 10.2 Å². The van der Waals surface area contributed by atoms with Crippen LogP contribution < -0.4 is 4.72 Å². The number of H-pyrrole nitrogens is 1. The van der Waals surface area contributed by atoms with Crippen molar-refractivity contribution in [2.45, 2.75) is 4.90 Å². The number of rotatable bonds is 4. The Kier molecular flexibility index (Phi) is 3.17. The fourth-order valence-electron chi connectivity index (χ4n) is 1.40. The van der Waals surface area contributed by atoms with Crippen molar-refractivity contribution in [2.24, 2.45) is 0 Å². The van der Waals surface area contributed by atoms with E-state index in [0.717, 1.165) is 18.2 Å². The van der Waals surface area contributed by atoms with E-state index in [1.54, 1.807) is 0 Å². The van der Waals surface area contributed by atoms with Crippen LogP contribution in [0, 0.1) is 15.9 Å². The van der Waals surface area contributed by atoms with Crippen LogP contribution in [0.5, 0.6) is 0 Å². The molecule has 1 heterocycles. The molecule has 10 heteroatoms. The molecule has 0 spiro atoms. The Labute approximate surface area is 106 Å². The molecular weight excluding hydrogens is 279 g/mol. The second kappa shape index (κ2) is 4.65. The topological polar surface area (TPSA) is 118 Å². The molecule has 0 aliphatic heterocycles. The number of hydrogen-bond donors (Lipinski definition) is 2. The molecule has 100 valence electrons. The lowest BCUT2D eigenvalue weighted by molar-refractivity contribution is -0.390. The molecule has 0 amide bonds. The third kappa shape index (κ3) is 2.52. The van der Waals surface area contributed by atoms with Crippen molar-refractivity contribution < 1.29 is 17.7 Å². The van der Waals surface area contributed by atoms with Crippen molar-refractivity contribution in [1.82, 2.24) is 10.2 Å². The van der Waals surface area contributed by atoms with E-state index < -0.39 is 31.3 Å². The average molecular weight is 286 g/mol. The maximum absolute atomic E-state index is 13.4. The molecule has 2 N–H and O–H groups in total. The van der Waals surface area contributed by atoms with Crippen LogP contribution in [-0.4, -0.2) is 23.5 Å². The number of aromatic amines is 1. The quantitative estimate of drug-likeness (QED) is 0.648. The van der Waals surface area contributed by atoms with Gasteiger partial charge in [-0.2, -0.15) is 9.49 Å². The highest BCUT2D eigenvalue weighted by molar-refractivity contribution is 7.92. The number of halogens is 1. The number of nitrogens with one attached hydrogen (secondary N) is 2. The number of para-hydroxylation sites is 1. The number of sulfonamides is 1. The molecule has 0 saturated heterocycles. The van der Waals surface area contributed by atoms with Gasteiger partial charge in [0, 0.05) is 6.07 Å². The Bertz CT molecular complexity index is 714. The lowest BCUT2D eigenvalue weighted by atomic mass is 10.3. The summed E-state index contributed by atoms with van der Waals surface area (Å²) in [7, 11) is -4.28. The standard InChI is InChI=1S/C9H7FN4O4S/c10-6-2-1-3-7(9(6)14(15)16)19(17,18)13-8-4-5-11-12-8/h1-5H,(H2,11,12,13).